The summed E-state index contributed by atoms with van der Waals surface area (Å²) in [5.41, 5.74) is 6.24. The van der Waals surface area contributed by atoms with E-state index in [2.05, 4.69) is 32.8 Å². The van der Waals surface area contributed by atoms with Crippen molar-refractivity contribution < 1.29 is 4.74 Å². The van der Waals surface area contributed by atoms with E-state index in [0.717, 1.165) is 65.3 Å². The average molecular weight is 436 g/mol. The van der Waals surface area contributed by atoms with Gasteiger partial charge in [0.2, 0.25) is 0 Å². The van der Waals surface area contributed by atoms with Gasteiger partial charge in [0, 0.05) is 49.2 Å². The predicted octanol–water partition coefficient (Wildman–Crippen LogP) is 5.09. The van der Waals surface area contributed by atoms with Crippen LogP contribution >= 0.6 is 11.6 Å². The Bertz CT molecular complexity index is 1110. The first-order chi connectivity index (χ1) is 15.1. The number of hydrogen-bond acceptors (Lipinski definition) is 6. The number of anilines is 1. The number of aryl methyl sites for hydroxylation is 2. The quantitative estimate of drug-likeness (QED) is 0.568. The van der Waals surface area contributed by atoms with Crippen LogP contribution in [0.3, 0.4) is 0 Å². The van der Waals surface area contributed by atoms with E-state index in [4.69, 9.17) is 21.3 Å². The molecular formula is C24H26ClN5O. The molecule has 5 rings (SSSR count). The summed E-state index contributed by atoms with van der Waals surface area (Å²) in [6, 6.07) is 4.68. The van der Waals surface area contributed by atoms with Gasteiger partial charge < -0.3 is 9.64 Å². The number of rotatable bonds is 4. The minimum atomic E-state index is 0.272. The lowest BCUT2D eigenvalue weighted by Crippen LogP contribution is -2.32. The SMILES string of the molecule is Cc1cnc(-c2cc(N3CCc4nc(OC5CCCC5)ncc4C3)ncc2Cl)c(C)c1. The van der Waals surface area contributed by atoms with Crippen LogP contribution in [0.5, 0.6) is 6.01 Å². The third-order valence-corrected chi connectivity index (χ3v) is 6.42. The van der Waals surface area contributed by atoms with Gasteiger partial charge in [-0.25, -0.2) is 9.97 Å². The van der Waals surface area contributed by atoms with Crippen molar-refractivity contribution in [3.8, 4) is 17.3 Å². The lowest BCUT2D eigenvalue weighted by Gasteiger charge is -2.29. The van der Waals surface area contributed by atoms with Crippen molar-refractivity contribution in [3.63, 3.8) is 0 Å². The Morgan fingerprint density at radius 2 is 1.87 bits per heavy atom. The first-order valence-corrected chi connectivity index (χ1v) is 11.3. The van der Waals surface area contributed by atoms with Gasteiger partial charge in [0.1, 0.15) is 11.9 Å². The number of aromatic nitrogens is 4. The largest absolute Gasteiger partial charge is 0.460 e. The molecule has 1 fully saturated rings. The highest BCUT2D eigenvalue weighted by atomic mass is 35.5. The molecule has 1 saturated carbocycles. The van der Waals surface area contributed by atoms with Crippen molar-refractivity contribution >= 4 is 17.4 Å². The number of fused-ring (bicyclic) bond motifs is 1. The van der Waals surface area contributed by atoms with Crippen molar-refractivity contribution in [2.24, 2.45) is 0 Å². The molecule has 0 saturated heterocycles. The number of pyridine rings is 2. The van der Waals surface area contributed by atoms with Crippen molar-refractivity contribution in [2.45, 2.75) is 58.6 Å². The summed E-state index contributed by atoms with van der Waals surface area (Å²) in [5, 5.41) is 0.609. The molecule has 160 valence electrons. The van der Waals surface area contributed by atoms with E-state index in [1.807, 2.05) is 25.4 Å². The van der Waals surface area contributed by atoms with E-state index in [-0.39, 0.29) is 6.10 Å². The van der Waals surface area contributed by atoms with E-state index in [1.54, 1.807) is 6.20 Å². The summed E-state index contributed by atoms with van der Waals surface area (Å²) in [6.07, 6.45) is 11.3. The van der Waals surface area contributed by atoms with Gasteiger partial charge in [-0.2, -0.15) is 4.98 Å². The van der Waals surface area contributed by atoms with Crippen molar-refractivity contribution in [3.05, 3.63) is 58.1 Å². The fraction of sp³-hybridized carbons (Fsp3) is 0.417. The molecule has 0 atom stereocenters. The third kappa shape index (κ3) is 4.22. The molecule has 0 radical (unpaired) electrons. The summed E-state index contributed by atoms with van der Waals surface area (Å²) in [4.78, 5) is 20.6. The van der Waals surface area contributed by atoms with Gasteiger partial charge in [-0.3, -0.25) is 4.98 Å². The molecule has 0 bridgehead atoms. The zero-order chi connectivity index (χ0) is 21.4. The van der Waals surface area contributed by atoms with Crippen LogP contribution in [-0.4, -0.2) is 32.6 Å². The van der Waals surface area contributed by atoms with Gasteiger partial charge in [0.15, 0.2) is 0 Å². The Labute approximate surface area is 187 Å². The molecule has 0 unspecified atom stereocenters. The Kier molecular flexibility index (Phi) is 5.48. The number of nitrogens with zero attached hydrogens (tertiary/aromatic N) is 5. The molecule has 0 amide bonds. The zero-order valence-corrected chi connectivity index (χ0v) is 18.7. The molecule has 6 nitrogen and oxygen atoms in total. The summed E-state index contributed by atoms with van der Waals surface area (Å²) in [6.45, 7) is 5.65. The molecular weight excluding hydrogens is 410 g/mol. The Morgan fingerprint density at radius 3 is 2.68 bits per heavy atom. The Balaban J connectivity index is 1.37. The molecule has 0 aromatic carbocycles. The maximum atomic E-state index is 6.49. The first kappa shape index (κ1) is 20.2. The highest BCUT2D eigenvalue weighted by Gasteiger charge is 2.23. The summed E-state index contributed by atoms with van der Waals surface area (Å²) >= 11 is 6.49. The molecule has 31 heavy (non-hydrogen) atoms. The van der Waals surface area contributed by atoms with E-state index >= 15 is 0 Å². The van der Waals surface area contributed by atoms with Crippen LogP contribution in [0.1, 0.15) is 48.1 Å². The second-order valence-corrected chi connectivity index (χ2v) is 8.93. The van der Waals surface area contributed by atoms with Gasteiger partial charge >= 0.3 is 6.01 Å². The van der Waals surface area contributed by atoms with E-state index < -0.39 is 0 Å². The van der Waals surface area contributed by atoms with E-state index in [9.17, 15) is 0 Å². The molecule has 1 aliphatic heterocycles. The van der Waals surface area contributed by atoms with Gasteiger partial charge in [-0.05, 0) is 56.7 Å². The van der Waals surface area contributed by atoms with Gasteiger partial charge in [-0.1, -0.05) is 17.7 Å². The Morgan fingerprint density at radius 1 is 1.03 bits per heavy atom. The van der Waals surface area contributed by atoms with Crippen LogP contribution < -0.4 is 9.64 Å². The number of ether oxygens (including phenoxy) is 1. The van der Waals surface area contributed by atoms with Crippen LogP contribution in [0, 0.1) is 13.8 Å². The van der Waals surface area contributed by atoms with Gasteiger partial charge in [0.25, 0.3) is 0 Å². The Hall–Kier alpha value is -2.73. The van der Waals surface area contributed by atoms with Gasteiger partial charge in [0.05, 0.1) is 16.4 Å². The molecule has 2 aliphatic rings. The summed E-state index contributed by atoms with van der Waals surface area (Å²) in [5.74, 6) is 0.887. The standard InChI is InChI=1S/C24H26ClN5O/c1-15-9-16(2)23(27-11-15)19-10-22(26-13-20(19)25)30-8-7-21-17(14-30)12-28-24(29-21)31-18-5-3-4-6-18/h9-13,18H,3-8,14H2,1-2H3. The van der Waals surface area contributed by atoms with E-state index in [0.29, 0.717) is 17.6 Å². The minimum Gasteiger partial charge on any atom is -0.460 e. The zero-order valence-electron chi connectivity index (χ0n) is 17.9. The van der Waals surface area contributed by atoms with Crippen molar-refractivity contribution in [2.75, 3.05) is 11.4 Å². The second kappa shape index (κ2) is 8.42. The summed E-state index contributed by atoms with van der Waals surface area (Å²) < 4.78 is 5.98. The molecule has 0 spiro atoms. The summed E-state index contributed by atoms with van der Waals surface area (Å²) in [7, 11) is 0. The second-order valence-electron chi connectivity index (χ2n) is 8.52. The highest BCUT2D eigenvalue weighted by Crippen LogP contribution is 2.33. The smallest absolute Gasteiger partial charge is 0.316 e. The third-order valence-electron chi connectivity index (χ3n) is 6.12. The molecule has 4 heterocycles. The van der Waals surface area contributed by atoms with Crippen LogP contribution in [0.4, 0.5) is 5.82 Å². The number of halogens is 1. The van der Waals surface area contributed by atoms with Crippen molar-refractivity contribution in [1.29, 1.82) is 0 Å². The maximum absolute atomic E-state index is 6.49. The van der Waals surface area contributed by atoms with Gasteiger partial charge in [-0.15, -0.1) is 0 Å². The first-order valence-electron chi connectivity index (χ1n) is 10.9. The molecule has 0 N–H and O–H groups in total. The molecule has 7 heteroatoms. The minimum absolute atomic E-state index is 0.272. The molecule has 3 aromatic rings. The van der Waals surface area contributed by atoms with Crippen LogP contribution in [-0.2, 0) is 13.0 Å². The number of hydrogen-bond donors (Lipinski definition) is 0. The lowest BCUT2D eigenvalue weighted by atomic mass is 10.0. The lowest BCUT2D eigenvalue weighted by molar-refractivity contribution is 0.191. The monoisotopic (exact) mass is 435 g/mol. The van der Waals surface area contributed by atoms with Crippen LogP contribution in [0.15, 0.2) is 30.7 Å². The topological polar surface area (TPSA) is 64.0 Å². The van der Waals surface area contributed by atoms with E-state index in [1.165, 1.54) is 12.8 Å². The van der Waals surface area contributed by atoms with Crippen LogP contribution in [0.2, 0.25) is 5.02 Å². The van der Waals surface area contributed by atoms with Crippen molar-refractivity contribution in [1.82, 2.24) is 19.9 Å². The normalized spacial score (nSPS) is 16.4. The fourth-order valence-electron chi connectivity index (χ4n) is 4.48. The maximum Gasteiger partial charge on any atom is 0.316 e. The fourth-order valence-corrected chi connectivity index (χ4v) is 4.68. The van der Waals surface area contributed by atoms with Crippen LogP contribution in [0.25, 0.3) is 11.3 Å². The molecule has 3 aromatic heterocycles. The average Bonchev–Trinajstić information content (AvgIpc) is 3.27. The molecule has 1 aliphatic carbocycles. The highest BCUT2D eigenvalue weighted by molar-refractivity contribution is 6.33. The predicted molar refractivity (Wildman–Crippen MR) is 122 cm³/mol.